The van der Waals surface area contributed by atoms with E-state index in [1.807, 2.05) is 13.1 Å². The maximum atomic E-state index is 12.8. The van der Waals surface area contributed by atoms with E-state index in [9.17, 15) is 18.9 Å². The quantitative estimate of drug-likeness (QED) is 0.383. The van der Waals surface area contributed by atoms with Crippen LogP contribution in [0.3, 0.4) is 0 Å². The first kappa shape index (κ1) is 27.9. The Labute approximate surface area is 196 Å². The lowest BCUT2D eigenvalue weighted by Gasteiger charge is -2.41. The molecule has 0 bridgehead atoms. The molecule has 0 amide bonds. The third-order valence-corrected chi connectivity index (χ3v) is 13.5. The van der Waals surface area contributed by atoms with Crippen LogP contribution in [-0.2, 0) is 41.1 Å². The molecule has 0 aromatic rings. The van der Waals surface area contributed by atoms with E-state index in [0.29, 0.717) is 0 Å². The molecule has 3 aliphatic heterocycles. The predicted octanol–water partition coefficient (Wildman–Crippen LogP) is 2.34. The van der Waals surface area contributed by atoms with E-state index < -0.39 is 73.8 Å². The second kappa shape index (κ2) is 9.65. The number of fused-ring (bicyclic) bond motifs is 2. The maximum absolute atomic E-state index is 12.8. The van der Waals surface area contributed by atoms with E-state index in [4.69, 9.17) is 32.0 Å². The van der Waals surface area contributed by atoms with Crippen LogP contribution in [0.2, 0.25) is 18.1 Å². The molecule has 0 spiro atoms. The SMILES string of the molecule is CC1[C@H](C)O[C@@H]2COP(=O)([O-])OC3[C@@H](COP(=O)([O-])O[C@H]12)O[C@@H](C)[C@H]3O[Si](C)(C)C(C)(C)C. The molecule has 14 heteroatoms. The highest BCUT2D eigenvalue weighted by molar-refractivity contribution is 7.46. The number of phosphoric acid groups is 2. The lowest BCUT2D eigenvalue weighted by Crippen LogP contribution is -2.50. The summed E-state index contributed by atoms with van der Waals surface area (Å²) in [4.78, 5) is 25.3. The van der Waals surface area contributed by atoms with Gasteiger partial charge in [-0.15, -0.1) is 0 Å². The van der Waals surface area contributed by atoms with Crippen molar-refractivity contribution in [3.63, 3.8) is 0 Å². The fraction of sp³-hybridized carbons (Fsp3) is 1.00. The third kappa shape index (κ3) is 6.36. The molecule has 194 valence electrons. The van der Waals surface area contributed by atoms with Gasteiger partial charge < -0.3 is 41.8 Å². The summed E-state index contributed by atoms with van der Waals surface area (Å²) in [7, 11) is -12.0. The van der Waals surface area contributed by atoms with Crippen molar-refractivity contribution < 1.29 is 50.9 Å². The van der Waals surface area contributed by atoms with Gasteiger partial charge in [-0.1, -0.05) is 27.7 Å². The summed E-state index contributed by atoms with van der Waals surface area (Å²) in [6.07, 6.45) is -5.79. The van der Waals surface area contributed by atoms with Crippen molar-refractivity contribution in [3.05, 3.63) is 0 Å². The smallest absolute Gasteiger partial charge is 0.268 e. The fourth-order valence-electron chi connectivity index (χ4n) is 3.92. The number of hydrogen-bond acceptors (Lipinski definition) is 11. The van der Waals surface area contributed by atoms with Gasteiger partial charge in [0.1, 0.15) is 24.4 Å². The molecule has 3 saturated heterocycles. The van der Waals surface area contributed by atoms with Crippen molar-refractivity contribution in [1.82, 2.24) is 0 Å². The summed E-state index contributed by atoms with van der Waals surface area (Å²) in [5, 5.41) is -0.162. The van der Waals surface area contributed by atoms with Crippen molar-refractivity contribution in [1.29, 1.82) is 0 Å². The highest BCUT2D eigenvalue weighted by Crippen LogP contribution is 2.50. The van der Waals surface area contributed by atoms with Gasteiger partial charge in [-0.25, -0.2) is 0 Å². The van der Waals surface area contributed by atoms with Crippen LogP contribution < -0.4 is 9.79 Å². The minimum atomic E-state index is -4.83. The Bertz CT molecular complexity index is 803. The predicted molar refractivity (Wildman–Crippen MR) is 117 cm³/mol. The average molecular weight is 531 g/mol. The Kier molecular flexibility index (Phi) is 8.16. The number of rotatable bonds is 2. The highest BCUT2D eigenvalue weighted by atomic mass is 31.2. The molecule has 0 aliphatic carbocycles. The lowest BCUT2D eigenvalue weighted by molar-refractivity contribution is -0.243. The van der Waals surface area contributed by atoms with Gasteiger partial charge in [-0.2, -0.15) is 0 Å². The molecule has 0 radical (unpaired) electrons. The molecule has 0 saturated carbocycles. The topological polar surface area (TPSA) is 145 Å². The number of phosphoric ester groups is 2. The van der Waals surface area contributed by atoms with Gasteiger partial charge in [-0.3, -0.25) is 9.13 Å². The fourth-order valence-corrected chi connectivity index (χ4v) is 7.24. The van der Waals surface area contributed by atoms with Gasteiger partial charge in [0, 0.05) is 5.92 Å². The average Bonchev–Trinajstić information content (AvgIpc) is 3.07. The summed E-state index contributed by atoms with van der Waals surface area (Å²) < 4.78 is 64.2. The third-order valence-electron chi connectivity index (χ3n) is 7.09. The summed E-state index contributed by atoms with van der Waals surface area (Å²) in [5.41, 5.74) is 0. The number of ether oxygens (including phenoxy) is 2. The van der Waals surface area contributed by atoms with Crippen LogP contribution in [0.1, 0.15) is 41.5 Å². The summed E-state index contributed by atoms with van der Waals surface area (Å²) in [5.74, 6) is -0.336. The molecule has 10 atom stereocenters. The van der Waals surface area contributed by atoms with E-state index in [0.717, 1.165) is 0 Å². The summed E-state index contributed by atoms with van der Waals surface area (Å²) >= 11 is 0. The lowest BCUT2D eigenvalue weighted by atomic mass is 10.00. The zero-order chi connectivity index (χ0) is 25.0. The van der Waals surface area contributed by atoms with Crippen molar-refractivity contribution in [2.45, 2.75) is 102 Å². The molecule has 0 N–H and O–H groups in total. The molecule has 0 aromatic carbocycles. The Hall–Kier alpha value is 0.317. The molecule has 3 fully saturated rings. The standard InChI is InChI=1S/C19H38O11P2Si/c1-11-12(2)26-14-9-24-32(22,23)29-18-15(10-25-31(20,21)28-16(11)14)27-13(3)17(18)30-33(7,8)19(4,5)6/h11-18H,9-10H2,1-8H3,(H,20,21)(H,22,23)/p-2/t11?,12-,13-,14+,15+,16+,17+,18?/m0/s1. The molecule has 3 rings (SSSR count). The van der Waals surface area contributed by atoms with E-state index in [-0.39, 0.29) is 17.1 Å². The van der Waals surface area contributed by atoms with Gasteiger partial charge in [0.05, 0.1) is 31.5 Å². The van der Waals surface area contributed by atoms with Crippen LogP contribution in [0.5, 0.6) is 0 Å². The van der Waals surface area contributed by atoms with E-state index in [2.05, 4.69) is 20.8 Å². The van der Waals surface area contributed by atoms with Crippen LogP contribution in [0.25, 0.3) is 0 Å². The van der Waals surface area contributed by atoms with Crippen molar-refractivity contribution in [2.24, 2.45) is 5.92 Å². The van der Waals surface area contributed by atoms with Crippen molar-refractivity contribution in [3.8, 4) is 0 Å². The second-order valence-corrected chi connectivity index (χ2v) is 18.1. The van der Waals surface area contributed by atoms with E-state index in [1.54, 1.807) is 20.8 Å². The minimum absolute atomic E-state index is 0.162. The molecular weight excluding hydrogens is 494 g/mol. The first-order valence-corrected chi connectivity index (χ1v) is 17.0. The van der Waals surface area contributed by atoms with E-state index >= 15 is 0 Å². The van der Waals surface area contributed by atoms with Crippen molar-refractivity contribution in [2.75, 3.05) is 13.2 Å². The van der Waals surface area contributed by atoms with Crippen LogP contribution >= 0.6 is 15.6 Å². The van der Waals surface area contributed by atoms with Crippen molar-refractivity contribution >= 4 is 24.0 Å². The van der Waals surface area contributed by atoms with Gasteiger partial charge in [0.15, 0.2) is 8.32 Å². The summed E-state index contributed by atoms with van der Waals surface area (Å²) in [6, 6.07) is 0. The molecule has 33 heavy (non-hydrogen) atoms. The zero-order valence-corrected chi connectivity index (χ0v) is 23.2. The first-order chi connectivity index (χ1) is 14.9. The molecule has 11 nitrogen and oxygen atoms in total. The Morgan fingerprint density at radius 3 is 1.82 bits per heavy atom. The molecule has 4 unspecified atom stereocenters. The van der Waals surface area contributed by atoms with Crippen LogP contribution in [0, 0.1) is 5.92 Å². The van der Waals surface area contributed by atoms with Crippen LogP contribution in [-0.4, -0.2) is 64.3 Å². The zero-order valence-electron chi connectivity index (χ0n) is 20.4. The Morgan fingerprint density at radius 1 is 0.848 bits per heavy atom. The molecule has 0 aromatic heterocycles. The van der Waals surface area contributed by atoms with Gasteiger partial charge >= 0.3 is 0 Å². The monoisotopic (exact) mass is 530 g/mol. The van der Waals surface area contributed by atoms with Crippen LogP contribution in [0.15, 0.2) is 0 Å². The van der Waals surface area contributed by atoms with E-state index in [1.165, 1.54) is 0 Å². The Balaban J connectivity index is 1.88. The maximum Gasteiger partial charge on any atom is 0.268 e. The largest absolute Gasteiger partial charge is 0.756 e. The first-order valence-electron chi connectivity index (χ1n) is 11.2. The van der Waals surface area contributed by atoms with Gasteiger partial charge in [0.2, 0.25) is 0 Å². The second-order valence-electron chi connectivity index (χ2n) is 10.6. The molecular formula is C19H36O11P2Si-2. The summed E-state index contributed by atoms with van der Waals surface area (Å²) in [6.45, 7) is 14.4. The molecule has 3 heterocycles. The number of hydrogen-bond donors (Lipinski definition) is 0. The van der Waals surface area contributed by atoms with Gasteiger partial charge in [0.25, 0.3) is 15.6 Å². The Morgan fingerprint density at radius 2 is 1.30 bits per heavy atom. The van der Waals surface area contributed by atoms with Crippen LogP contribution in [0.4, 0.5) is 0 Å². The highest BCUT2D eigenvalue weighted by Gasteiger charge is 2.51. The molecule has 3 aliphatic rings. The normalized spacial score (nSPS) is 47.9. The van der Waals surface area contributed by atoms with Gasteiger partial charge in [-0.05, 0) is 32.0 Å². The minimum Gasteiger partial charge on any atom is -0.756 e.